The Hall–Kier alpha value is -1.06. The van der Waals surface area contributed by atoms with Gasteiger partial charge in [-0.15, -0.1) is 0 Å². The molecule has 1 aliphatic heterocycles. The van der Waals surface area contributed by atoms with Crippen molar-refractivity contribution in [1.82, 2.24) is 0 Å². The average Bonchev–Trinajstić information content (AvgIpc) is 2.91. The van der Waals surface area contributed by atoms with Crippen molar-refractivity contribution in [2.24, 2.45) is 5.92 Å². The molecule has 3 nitrogen and oxygen atoms in total. The third-order valence-corrected chi connectivity index (χ3v) is 4.36. The lowest BCUT2D eigenvalue weighted by Crippen LogP contribution is -2.35. The van der Waals surface area contributed by atoms with Crippen LogP contribution in [0, 0.1) is 5.92 Å². The highest BCUT2D eigenvalue weighted by Gasteiger charge is 2.40. The second kappa shape index (κ2) is 5.51. The van der Waals surface area contributed by atoms with Gasteiger partial charge in [-0.3, -0.25) is 0 Å². The predicted molar refractivity (Wildman–Crippen MR) is 73.3 cm³/mol. The Kier molecular flexibility index (Phi) is 3.76. The zero-order valence-corrected chi connectivity index (χ0v) is 11.6. The van der Waals surface area contributed by atoms with Crippen molar-refractivity contribution in [3.05, 3.63) is 29.8 Å². The molecule has 3 rings (SSSR count). The molecular formula is C16H22O3. The van der Waals surface area contributed by atoms with Crippen molar-refractivity contribution in [2.45, 2.75) is 37.9 Å². The first-order valence-electron chi connectivity index (χ1n) is 7.20. The number of ether oxygens (including phenoxy) is 3. The maximum Gasteiger partial charge on any atom is 0.168 e. The Morgan fingerprint density at radius 2 is 1.74 bits per heavy atom. The van der Waals surface area contributed by atoms with Gasteiger partial charge in [-0.05, 0) is 42.9 Å². The van der Waals surface area contributed by atoms with Crippen LogP contribution in [0.5, 0.6) is 5.75 Å². The number of rotatable bonds is 3. The molecule has 1 saturated heterocycles. The highest BCUT2D eigenvalue weighted by atomic mass is 16.7. The van der Waals surface area contributed by atoms with Gasteiger partial charge in [0.1, 0.15) is 5.75 Å². The molecule has 0 unspecified atom stereocenters. The minimum absolute atomic E-state index is 0.226. The van der Waals surface area contributed by atoms with Crippen molar-refractivity contribution in [2.75, 3.05) is 20.3 Å². The quantitative estimate of drug-likeness (QED) is 0.837. The zero-order valence-electron chi connectivity index (χ0n) is 11.6. The van der Waals surface area contributed by atoms with Crippen LogP contribution in [0.1, 0.15) is 31.2 Å². The molecule has 0 aromatic heterocycles. The van der Waals surface area contributed by atoms with Crippen LogP contribution in [0.4, 0.5) is 0 Å². The first-order valence-corrected chi connectivity index (χ1v) is 7.20. The molecule has 0 N–H and O–H groups in total. The van der Waals surface area contributed by atoms with Crippen LogP contribution in [-0.4, -0.2) is 26.1 Å². The van der Waals surface area contributed by atoms with Gasteiger partial charge in [-0.2, -0.15) is 0 Å². The van der Waals surface area contributed by atoms with Crippen LogP contribution in [0.3, 0.4) is 0 Å². The van der Waals surface area contributed by atoms with E-state index in [1.807, 2.05) is 12.1 Å². The van der Waals surface area contributed by atoms with Crippen LogP contribution < -0.4 is 4.74 Å². The summed E-state index contributed by atoms with van der Waals surface area (Å²) in [5.41, 5.74) is 1.40. The standard InChI is InChI=1S/C16H22O3/c1-17-15-4-2-13(3-5-15)12-14-6-8-16(9-7-14)18-10-11-19-16/h2-5,14H,6-12H2,1H3. The van der Waals surface area contributed by atoms with Crippen LogP contribution in [0.15, 0.2) is 24.3 Å². The Morgan fingerprint density at radius 1 is 1.11 bits per heavy atom. The lowest BCUT2D eigenvalue weighted by Gasteiger charge is -2.35. The fourth-order valence-electron chi connectivity index (χ4n) is 3.20. The smallest absolute Gasteiger partial charge is 0.168 e. The number of hydrogen-bond donors (Lipinski definition) is 0. The molecule has 1 saturated carbocycles. The maximum absolute atomic E-state index is 5.77. The summed E-state index contributed by atoms with van der Waals surface area (Å²) < 4.78 is 16.7. The molecule has 1 aliphatic carbocycles. The molecule has 104 valence electrons. The Bertz CT molecular complexity index is 397. The van der Waals surface area contributed by atoms with E-state index < -0.39 is 0 Å². The topological polar surface area (TPSA) is 27.7 Å². The molecule has 0 bridgehead atoms. The van der Waals surface area contributed by atoms with E-state index in [4.69, 9.17) is 14.2 Å². The second-order valence-corrected chi connectivity index (χ2v) is 5.60. The summed E-state index contributed by atoms with van der Waals surface area (Å²) in [7, 11) is 1.71. The van der Waals surface area contributed by atoms with E-state index in [9.17, 15) is 0 Å². The summed E-state index contributed by atoms with van der Waals surface area (Å²) >= 11 is 0. The van der Waals surface area contributed by atoms with Gasteiger partial charge < -0.3 is 14.2 Å². The summed E-state index contributed by atoms with van der Waals surface area (Å²) in [6, 6.07) is 8.43. The summed E-state index contributed by atoms with van der Waals surface area (Å²) in [4.78, 5) is 0. The van der Waals surface area contributed by atoms with E-state index >= 15 is 0 Å². The summed E-state index contributed by atoms with van der Waals surface area (Å²) in [5, 5.41) is 0. The fourth-order valence-corrected chi connectivity index (χ4v) is 3.20. The highest BCUT2D eigenvalue weighted by molar-refractivity contribution is 5.27. The zero-order chi connectivity index (χ0) is 13.1. The van der Waals surface area contributed by atoms with Crippen molar-refractivity contribution in [3.8, 4) is 5.75 Å². The molecule has 0 amide bonds. The molecule has 1 aromatic rings. The van der Waals surface area contributed by atoms with Crippen LogP contribution in [-0.2, 0) is 15.9 Å². The lowest BCUT2D eigenvalue weighted by atomic mass is 9.81. The summed E-state index contributed by atoms with van der Waals surface area (Å²) in [6.45, 7) is 1.53. The van der Waals surface area contributed by atoms with Gasteiger partial charge in [0.25, 0.3) is 0 Å². The average molecular weight is 262 g/mol. The fraction of sp³-hybridized carbons (Fsp3) is 0.625. The number of hydrogen-bond acceptors (Lipinski definition) is 3. The predicted octanol–water partition coefficient (Wildman–Crippen LogP) is 3.17. The number of methoxy groups -OCH3 is 1. The van der Waals surface area contributed by atoms with Crippen LogP contribution in [0.25, 0.3) is 0 Å². The molecule has 3 heteroatoms. The lowest BCUT2D eigenvalue weighted by molar-refractivity contribution is -0.182. The van der Waals surface area contributed by atoms with Gasteiger partial charge in [0.05, 0.1) is 20.3 Å². The minimum Gasteiger partial charge on any atom is -0.497 e. The molecule has 2 aliphatic rings. The first kappa shape index (κ1) is 12.9. The third-order valence-electron chi connectivity index (χ3n) is 4.36. The van der Waals surface area contributed by atoms with E-state index in [1.165, 1.54) is 18.4 Å². The molecular weight excluding hydrogens is 240 g/mol. The van der Waals surface area contributed by atoms with Crippen molar-refractivity contribution in [1.29, 1.82) is 0 Å². The highest BCUT2D eigenvalue weighted by Crippen LogP contribution is 2.39. The normalized spacial score (nSPS) is 22.8. The van der Waals surface area contributed by atoms with Crippen molar-refractivity contribution >= 4 is 0 Å². The minimum atomic E-state index is -0.226. The SMILES string of the molecule is COc1ccc(CC2CCC3(CC2)OCCO3)cc1. The van der Waals surface area contributed by atoms with Gasteiger partial charge in [-0.25, -0.2) is 0 Å². The maximum atomic E-state index is 5.77. The van der Waals surface area contributed by atoms with E-state index in [1.54, 1.807) is 7.11 Å². The van der Waals surface area contributed by atoms with Crippen LogP contribution >= 0.6 is 0 Å². The Balaban J connectivity index is 1.53. The van der Waals surface area contributed by atoms with Crippen LogP contribution in [0.2, 0.25) is 0 Å². The second-order valence-electron chi connectivity index (χ2n) is 5.60. The molecule has 0 atom stereocenters. The largest absolute Gasteiger partial charge is 0.497 e. The molecule has 1 spiro atoms. The van der Waals surface area contributed by atoms with Crippen molar-refractivity contribution in [3.63, 3.8) is 0 Å². The van der Waals surface area contributed by atoms with Crippen molar-refractivity contribution < 1.29 is 14.2 Å². The molecule has 1 heterocycles. The van der Waals surface area contributed by atoms with E-state index in [0.29, 0.717) is 0 Å². The Labute approximate surface area is 114 Å². The molecule has 19 heavy (non-hydrogen) atoms. The molecule has 2 fully saturated rings. The summed E-state index contributed by atoms with van der Waals surface area (Å²) in [5.74, 6) is 1.46. The third kappa shape index (κ3) is 2.93. The van der Waals surface area contributed by atoms with Gasteiger partial charge in [-0.1, -0.05) is 12.1 Å². The Morgan fingerprint density at radius 3 is 2.32 bits per heavy atom. The monoisotopic (exact) mass is 262 g/mol. The first-order chi connectivity index (χ1) is 9.30. The molecule has 1 aromatic carbocycles. The molecule has 0 radical (unpaired) electrons. The van der Waals surface area contributed by atoms with Gasteiger partial charge in [0.2, 0.25) is 0 Å². The van der Waals surface area contributed by atoms with Gasteiger partial charge in [0, 0.05) is 12.8 Å². The van der Waals surface area contributed by atoms with E-state index in [0.717, 1.165) is 44.1 Å². The van der Waals surface area contributed by atoms with E-state index in [-0.39, 0.29) is 5.79 Å². The van der Waals surface area contributed by atoms with Gasteiger partial charge in [0.15, 0.2) is 5.79 Å². The summed E-state index contributed by atoms with van der Waals surface area (Å²) in [6.07, 6.45) is 5.65. The van der Waals surface area contributed by atoms with Gasteiger partial charge >= 0.3 is 0 Å². The number of benzene rings is 1. The van der Waals surface area contributed by atoms with E-state index in [2.05, 4.69) is 12.1 Å².